The zero-order chi connectivity index (χ0) is 17.7. The van der Waals surface area contributed by atoms with Crippen LogP contribution in [0.3, 0.4) is 0 Å². The predicted octanol–water partition coefficient (Wildman–Crippen LogP) is 4.38. The van der Waals surface area contributed by atoms with Crippen molar-refractivity contribution in [1.29, 1.82) is 0 Å². The summed E-state index contributed by atoms with van der Waals surface area (Å²) in [5.74, 6) is 3.33. The fourth-order valence-corrected chi connectivity index (χ4v) is 6.97. The van der Waals surface area contributed by atoms with Gasteiger partial charge in [0.15, 0.2) is 5.16 Å². The molecule has 1 heterocycles. The number of aromatic nitrogens is 2. The van der Waals surface area contributed by atoms with E-state index in [1.54, 1.807) is 0 Å². The lowest BCUT2D eigenvalue weighted by Gasteiger charge is -2.59. The van der Waals surface area contributed by atoms with Crippen molar-refractivity contribution in [3.63, 3.8) is 0 Å². The Morgan fingerprint density at radius 3 is 2.54 bits per heavy atom. The first-order chi connectivity index (χ1) is 12.6. The molecule has 0 radical (unpaired) electrons. The molecule has 0 spiro atoms. The third-order valence-electron chi connectivity index (χ3n) is 7.09. The van der Waals surface area contributed by atoms with Gasteiger partial charge in [0.1, 0.15) is 0 Å². The molecule has 4 aliphatic rings. The minimum absolute atomic E-state index is 0.138. The van der Waals surface area contributed by atoms with E-state index in [4.69, 9.17) is 0 Å². The summed E-state index contributed by atoms with van der Waals surface area (Å²) in [4.78, 5) is 20.4. The Balaban J connectivity index is 1.20. The van der Waals surface area contributed by atoms with E-state index in [0.717, 1.165) is 33.9 Å². The van der Waals surface area contributed by atoms with Gasteiger partial charge in [0.25, 0.3) is 0 Å². The van der Waals surface area contributed by atoms with Crippen molar-refractivity contribution < 1.29 is 4.79 Å². The van der Waals surface area contributed by atoms with Crippen molar-refractivity contribution in [1.82, 2.24) is 15.3 Å². The maximum atomic E-state index is 12.6. The number of hydrogen-bond acceptors (Lipinski definition) is 3. The normalized spacial score (nSPS) is 33.5. The number of fused-ring (bicyclic) bond motifs is 1. The van der Waals surface area contributed by atoms with Crippen LogP contribution in [0.25, 0.3) is 11.0 Å². The molecule has 4 saturated carbocycles. The second-order valence-corrected chi connectivity index (χ2v) is 9.88. The zero-order valence-corrected chi connectivity index (χ0v) is 16.1. The average molecular weight is 370 g/mol. The lowest BCUT2D eigenvalue weighted by Crippen LogP contribution is -2.56. The summed E-state index contributed by atoms with van der Waals surface area (Å²) in [6, 6.07) is 8.28. The first kappa shape index (κ1) is 16.7. The van der Waals surface area contributed by atoms with E-state index < -0.39 is 0 Å². The number of hydrogen-bond donors (Lipinski definition) is 2. The van der Waals surface area contributed by atoms with Crippen molar-refractivity contribution in [3.8, 4) is 0 Å². The molecule has 2 N–H and O–H groups in total. The number of amides is 1. The van der Waals surface area contributed by atoms with Crippen LogP contribution in [0.4, 0.5) is 0 Å². The molecular formula is C21H27N3OS. The Morgan fingerprint density at radius 2 is 1.88 bits per heavy atom. The van der Waals surface area contributed by atoms with Crippen LogP contribution in [0.5, 0.6) is 0 Å². The van der Waals surface area contributed by atoms with Crippen LogP contribution in [0.2, 0.25) is 0 Å². The molecule has 1 unspecified atom stereocenters. The van der Waals surface area contributed by atoms with Gasteiger partial charge in [-0.2, -0.15) is 0 Å². The first-order valence-corrected chi connectivity index (χ1v) is 11.0. The number of imidazole rings is 1. The van der Waals surface area contributed by atoms with Gasteiger partial charge in [-0.05, 0) is 80.8 Å². The third-order valence-corrected chi connectivity index (χ3v) is 7.96. The van der Waals surface area contributed by atoms with Crippen molar-refractivity contribution >= 4 is 28.7 Å². The second kappa shape index (κ2) is 6.29. The number of H-pyrrole nitrogens is 1. The Hall–Kier alpha value is -1.49. The maximum absolute atomic E-state index is 12.6. The van der Waals surface area contributed by atoms with E-state index >= 15 is 0 Å². The molecular weight excluding hydrogens is 342 g/mol. The van der Waals surface area contributed by atoms with Crippen LogP contribution in [-0.4, -0.2) is 27.7 Å². The van der Waals surface area contributed by atoms with E-state index in [0.29, 0.717) is 17.2 Å². The molecule has 4 bridgehead atoms. The number of aromatic amines is 1. The molecule has 2 aromatic rings. The molecule has 138 valence electrons. The lowest BCUT2D eigenvalue weighted by atomic mass is 9.48. The van der Waals surface area contributed by atoms with Gasteiger partial charge in [0, 0.05) is 6.04 Å². The van der Waals surface area contributed by atoms with Crippen molar-refractivity contribution in [2.75, 3.05) is 5.75 Å². The van der Waals surface area contributed by atoms with Crippen LogP contribution in [0.1, 0.15) is 45.4 Å². The van der Waals surface area contributed by atoms with Gasteiger partial charge in [0.05, 0.1) is 16.8 Å². The van der Waals surface area contributed by atoms with Crippen molar-refractivity contribution in [2.24, 2.45) is 23.2 Å². The monoisotopic (exact) mass is 369 g/mol. The zero-order valence-electron chi connectivity index (χ0n) is 15.3. The van der Waals surface area contributed by atoms with Crippen molar-refractivity contribution in [2.45, 2.75) is 56.6 Å². The molecule has 0 aliphatic heterocycles. The second-order valence-electron chi connectivity index (χ2n) is 8.92. The summed E-state index contributed by atoms with van der Waals surface area (Å²) < 4.78 is 0. The molecule has 6 rings (SSSR count). The number of para-hydroxylation sites is 2. The molecule has 1 aromatic carbocycles. The summed E-state index contributed by atoms with van der Waals surface area (Å²) in [5.41, 5.74) is 2.35. The molecule has 1 aromatic heterocycles. The van der Waals surface area contributed by atoms with Crippen LogP contribution in [-0.2, 0) is 4.79 Å². The van der Waals surface area contributed by atoms with Gasteiger partial charge >= 0.3 is 0 Å². The quantitative estimate of drug-likeness (QED) is 0.769. The minimum atomic E-state index is 0.138. The van der Waals surface area contributed by atoms with Gasteiger partial charge in [-0.3, -0.25) is 4.79 Å². The van der Waals surface area contributed by atoms with E-state index in [1.807, 2.05) is 24.3 Å². The largest absolute Gasteiger partial charge is 0.352 e. The van der Waals surface area contributed by atoms with E-state index in [1.165, 1.54) is 50.3 Å². The Bertz CT molecular complexity index is 761. The fourth-order valence-electron chi connectivity index (χ4n) is 6.28. The van der Waals surface area contributed by atoms with Crippen LogP contribution in [0.15, 0.2) is 29.4 Å². The van der Waals surface area contributed by atoms with Gasteiger partial charge in [-0.1, -0.05) is 23.9 Å². The van der Waals surface area contributed by atoms with Crippen LogP contribution >= 0.6 is 11.8 Å². The Kier molecular flexibility index (Phi) is 4.03. The highest BCUT2D eigenvalue weighted by Crippen LogP contribution is 2.61. The summed E-state index contributed by atoms with van der Waals surface area (Å²) in [5, 5.41) is 4.16. The minimum Gasteiger partial charge on any atom is -0.352 e. The number of benzene rings is 1. The summed E-state index contributed by atoms with van der Waals surface area (Å²) in [6.07, 6.45) is 8.33. The standard InChI is InChI=1S/C21H27N3OS/c1-13(21-9-14-6-15(10-21)8-16(7-14)11-21)22-19(25)12-26-20-23-17-4-2-3-5-18(17)24-20/h2-5,13-16H,6-12H2,1H3,(H,22,25)(H,23,24). The van der Waals surface area contributed by atoms with Gasteiger partial charge < -0.3 is 10.3 Å². The summed E-state index contributed by atoms with van der Waals surface area (Å²) in [7, 11) is 0. The fraction of sp³-hybridized carbons (Fsp3) is 0.619. The first-order valence-electron chi connectivity index (χ1n) is 9.96. The molecule has 4 fully saturated rings. The molecule has 5 heteroatoms. The molecule has 0 saturated heterocycles. The highest BCUT2D eigenvalue weighted by atomic mass is 32.2. The summed E-state index contributed by atoms with van der Waals surface area (Å²) in [6.45, 7) is 2.25. The molecule has 1 amide bonds. The highest BCUT2D eigenvalue weighted by molar-refractivity contribution is 7.99. The van der Waals surface area contributed by atoms with Crippen LogP contribution < -0.4 is 5.32 Å². The topological polar surface area (TPSA) is 57.8 Å². The SMILES string of the molecule is CC(NC(=O)CSc1nc2ccccc2[nH]1)C12CC3CC(CC(C3)C1)C2. The number of thioether (sulfide) groups is 1. The number of carbonyl (C=O) groups excluding carboxylic acids is 1. The van der Waals surface area contributed by atoms with Crippen molar-refractivity contribution in [3.05, 3.63) is 24.3 Å². The number of nitrogens with one attached hydrogen (secondary N) is 2. The van der Waals surface area contributed by atoms with Gasteiger partial charge in [0.2, 0.25) is 5.91 Å². The number of carbonyl (C=O) groups is 1. The van der Waals surface area contributed by atoms with Crippen LogP contribution in [0, 0.1) is 23.2 Å². The number of nitrogens with zero attached hydrogens (tertiary/aromatic N) is 1. The Morgan fingerprint density at radius 1 is 1.23 bits per heavy atom. The van der Waals surface area contributed by atoms with Gasteiger partial charge in [-0.25, -0.2) is 4.98 Å². The van der Waals surface area contributed by atoms with E-state index in [-0.39, 0.29) is 5.91 Å². The molecule has 1 atom stereocenters. The Labute approximate surface area is 158 Å². The maximum Gasteiger partial charge on any atom is 0.230 e. The lowest BCUT2D eigenvalue weighted by molar-refractivity contribution is -0.123. The molecule has 4 nitrogen and oxygen atoms in total. The summed E-state index contributed by atoms with van der Waals surface area (Å²) >= 11 is 1.49. The molecule has 26 heavy (non-hydrogen) atoms. The van der Waals surface area contributed by atoms with Gasteiger partial charge in [-0.15, -0.1) is 0 Å². The van der Waals surface area contributed by atoms with E-state index in [2.05, 4.69) is 22.2 Å². The average Bonchev–Trinajstić information content (AvgIpc) is 3.02. The number of rotatable bonds is 5. The molecule has 4 aliphatic carbocycles. The predicted molar refractivity (Wildman–Crippen MR) is 105 cm³/mol. The highest BCUT2D eigenvalue weighted by Gasteiger charge is 2.53. The van der Waals surface area contributed by atoms with E-state index in [9.17, 15) is 4.79 Å². The third kappa shape index (κ3) is 2.94. The smallest absolute Gasteiger partial charge is 0.230 e.